The Hall–Kier alpha value is -1.06. The van der Waals surface area contributed by atoms with Crippen molar-refractivity contribution in [1.29, 1.82) is 0 Å². The third-order valence-electron chi connectivity index (χ3n) is 6.55. The molecule has 3 unspecified atom stereocenters. The molecule has 1 aliphatic carbocycles. The number of rotatable bonds is 13. The minimum absolute atomic E-state index is 0.00195. The van der Waals surface area contributed by atoms with Crippen LogP contribution in [0.2, 0.25) is 0 Å². The van der Waals surface area contributed by atoms with E-state index in [0.717, 1.165) is 38.0 Å². The molecule has 1 rings (SSSR count). The third kappa shape index (κ3) is 7.83. The number of unbranched alkanes of at least 4 members (excludes halogenated alkanes) is 3. The summed E-state index contributed by atoms with van der Waals surface area (Å²) >= 11 is 0. The molecule has 0 aromatic carbocycles. The average Bonchev–Trinajstić information content (AvgIpc) is 2.57. The van der Waals surface area contributed by atoms with Gasteiger partial charge >= 0.3 is 11.9 Å². The van der Waals surface area contributed by atoms with Crippen LogP contribution in [0.1, 0.15) is 105 Å². The van der Waals surface area contributed by atoms with Gasteiger partial charge in [-0.1, -0.05) is 72.6 Å². The zero-order chi connectivity index (χ0) is 20.4. The van der Waals surface area contributed by atoms with Crippen LogP contribution in [0.3, 0.4) is 0 Å². The van der Waals surface area contributed by atoms with Crippen molar-refractivity contribution < 1.29 is 19.8 Å². The molecule has 0 heterocycles. The van der Waals surface area contributed by atoms with Gasteiger partial charge in [-0.3, -0.25) is 9.59 Å². The van der Waals surface area contributed by atoms with Gasteiger partial charge in [0, 0.05) is 0 Å². The Morgan fingerprint density at radius 2 is 1.52 bits per heavy atom. The Morgan fingerprint density at radius 1 is 0.926 bits per heavy atom. The molecule has 1 aliphatic rings. The van der Waals surface area contributed by atoms with Crippen LogP contribution in [0.5, 0.6) is 0 Å². The highest BCUT2D eigenvalue weighted by atomic mass is 16.4. The Balaban J connectivity index is 2.71. The second-order valence-corrected chi connectivity index (χ2v) is 9.64. The summed E-state index contributed by atoms with van der Waals surface area (Å²) in [5.41, 5.74) is -0.710. The summed E-state index contributed by atoms with van der Waals surface area (Å²) in [6.45, 7) is 8.83. The molecular formula is C23H42O4. The Kier molecular flexibility index (Phi) is 10.4. The molecule has 0 bridgehead atoms. The van der Waals surface area contributed by atoms with Crippen molar-refractivity contribution in [2.45, 2.75) is 105 Å². The number of carboxylic acids is 2. The Labute approximate surface area is 166 Å². The molecule has 0 aliphatic heterocycles. The lowest BCUT2D eigenvalue weighted by molar-refractivity contribution is -0.161. The van der Waals surface area contributed by atoms with Crippen LogP contribution in [0, 0.1) is 29.1 Å². The molecule has 0 radical (unpaired) electrons. The number of aliphatic carboxylic acids is 2. The van der Waals surface area contributed by atoms with Crippen molar-refractivity contribution in [2.75, 3.05) is 0 Å². The highest BCUT2D eigenvalue weighted by molar-refractivity contribution is 5.76. The maximum atomic E-state index is 12.3. The molecule has 4 nitrogen and oxygen atoms in total. The van der Waals surface area contributed by atoms with Gasteiger partial charge in [0.05, 0.1) is 11.3 Å². The first-order valence-electron chi connectivity index (χ1n) is 11.1. The second kappa shape index (κ2) is 11.7. The standard InChI is InChI=1S/C23H42O4/c1-17(2)10-7-5-6-8-12-20-16-19(21(24)25)13-15-23(20,22(26)27)14-9-11-18(3)4/h17-20H,5-16H2,1-4H3,(H,24,25)(H,26,27). The smallest absolute Gasteiger partial charge is 0.309 e. The zero-order valence-corrected chi connectivity index (χ0v) is 18.0. The van der Waals surface area contributed by atoms with Crippen molar-refractivity contribution >= 4 is 11.9 Å². The summed E-state index contributed by atoms with van der Waals surface area (Å²) in [5.74, 6) is -0.500. The van der Waals surface area contributed by atoms with Gasteiger partial charge in [0.15, 0.2) is 0 Å². The van der Waals surface area contributed by atoms with Crippen molar-refractivity contribution in [3.05, 3.63) is 0 Å². The maximum Gasteiger partial charge on any atom is 0.309 e. The lowest BCUT2D eigenvalue weighted by Crippen LogP contribution is -2.44. The minimum atomic E-state index is -0.752. The van der Waals surface area contributed by atoms with E-state index in [1.807, 2.05) is 0 Å². The molecule has 0 saturated heterocycles. The lowest BCUT2D eigenvalue weighted by Gasteiger charge is -2.43. The molecule has 3 atom stereocenters. The van der Waals surface area contributed by atoms with Crippen molar-refractivity contribution in [3.63, 3.8) is 0 Å². The molecule has 158 valence electrons. The number of hydrogen-bond acceptors (Lipinski definition) is 2. The van der Waals surface area contributed by atoms with E-state index >= 15 is 0 Å². The quantitative estimate of drug-likeness (QED) is 0.362. The fourth-order valence-electron chi connectivity index (χ4n) is 4.78. The minimum Gasteiger partial charge on any atom is -0.481 e. The SMILES string of the molecule is CC(C)CCCCCCC1CC(C(=O)O)CCC1(CCCC(C)C)C(=O)O. The normalized spacial score (nSPS) is 25.9. The first-order chi connectivity index (χ1) is 12.7. The molecule has 4 heteroatoms. The van der Waals surface area contributed by atoms with Crippen LogP contribution in [0.15, 0.2) is 0 Å². The van der Waals surface area contributed by atoms with Crippen LogP contribution in [0.25, 0.3) is 0 Å². The molecular weight excluding hydrogens is 340 g/mol. The van der Waals surface area contributed by atoms with Gasteiger partial charge in [-0.2, -0.15) is 0 Å². The number of carbonyl (C=O) groups is 2. The van der Waals surface area contributed by atoms with E-state index in [1.165, 1.54) is 19.3 Å². The van der Waals surface area contributed by atoms with Gasteiger partial charge in [-0.05, 0) is 49.9 Å². The van der Waals surface area contributed by atoms with Crippen molar-refractivity contribution in [1.82, 2.24) is 0 Å². The topological polar surface area (TPSA) is 74.6 Å². The average molecular weight is 383 g/mol. The van der Waals surface area contributed by atoms with Crippen LogP contribution >= 0.6 is 0 Å². The van der Waals surface area contributed by atoms with Crippen LogP contribution in [0.4, 0.5) is 0 Å². The highest BCUT2D eigenvalue weighted by Gasteiger charge is 2.49. The van der Waals surface area contributed by atoms with Crippen molar-refractivity contribution in [3.8, 4) is 0 Å². The fraction of sp³-hybridized carbons (Fsp3) is 0.913. The molecule has 0 aromatic heterocycles. The highest BCUT2D eigenvalue weighted by Crippen LogP contribution is 2.49. The first-order valence-corrected chi connectivity index (χ1v) is 11.1. The molecule has 0 amide bonds. The Bertz CT molecular complexity index is 457. The van der Waals surface area contributed by atoms with Crippen molar-refractivity contribution in [2.24, 2.45) is 29.1 Å². The van der Waals surface area contributed by atoms with E-state index in [0.29, 0.717) is 31.6 Å². The molecule has 0 spiro atoms. The summed E-state index contributed by atoms with van der Waals surface area (Å²) in [4.78, 5) is 23.8. The van der Waals surface area contributed by atoms with Gasteiger partial charge in [0.25, 0.3) is 0 Å². The molecule has 27 heavy (non-hydrogen) atoms. The van der Waals surface area contributed by atoms with E-state index in [2.05, 4.69) is 27.7 Å². The second-order valence-electron chi connectivity index (χ2n) is 9.64. The largest absolute Gasteiger partial charge is 0.481 e. The summed E-state index contributed by atoms with van der Waals surface area (Å²) in [5, 5.41) is 19.6. The van der Waals surface area contributed by atoms with Gasteiger partial charge in [-0.25, -0.2) is 0 Å². The van der Waals surface area contributed by atoms with E-state index in [4.69, 9.17) is 0 Å². The van der Waals surface area contributed by atoms with E-state index in [-0.39, 0.29) is 11.8 Å². The van der Waals surface area contributed by atoms with Gasteiger partial charge in [-0.15, -0.1) is 0 Å². The summed E-state index contributed by atoms with van der Waals surface area (Å²) < 4.78 is 0. The zero-order valence-electron chi connectivity index (χ0n) is 18.0. The summed E-state index contributed by atoms with van der Waals surface area (Å²) in [6, 6.07) is 0. The summed E-state index contributed by atoms with van der Waals surface area (Å²) in [7, 11) is 0. The van der Waals surface area contributed by atoms with E-state index < -0.39 is 17.4 Å². The molecule has 2 N–H and O–H groups in total. The van der Waals surface area contributed by atoms with Gasteiger partial charge in [0.2, 0.25) is 0 Å². The number of hydrogen-bond donors (Lipinski definition) is 2. The molecule has 1 saturated carbocycles. The van der Waals surface area contributed by atoms with Crippen LogP contribution < -0.4 is 0 Å². The van der Waals surface area contributed by atoms with E-state index in [9.17, 15) is 19.8 Å². The first kappa shape index (κ1) is 24.0. The molecule has 0 aromatic rings. The van der Waals surface area contributed by atoms with Crippen LogP contribution in [-0.2, 0) is 9.59 Å². The van der Waals surface area contributed by atoms with Gasteiger partial charge < -0.3 is 10.2 Å². The lowest BCUT2D eigenvalue weighted by atomic mass is 9.59. The number of carboxylic acid groups (broad SMARTS) is 2. The monoisotopic (exact) mass is 382 g/mol. The third-order valence-corrected chi connectivity index (χ3v) is 6.55. The van der Waals surface area contributed by atoms with Crippen LogP contribution in [-0.4, -0.2) is 22.2 Å². The van der Waals surface area contributed by atoms with Gasteiger partial charge in [0.1, 0.15) is 0 Å². The fourth-order valence-corrected chi connectivity index (χ4v) is 4.78. The predicted octanol–water partition coefficient (Wildman–Crippen LogP) is 6.38. The predicted molar refractivity (Wildman–Crippen MR) is 110 cm³/mol. The molecule has 1 fully saturated rings. The maximum absolute atomic E-state index is 12.3. The Morgan fingerprint density at radius 3 is 2.07 bits per heavy atom. The summed E-state index contributed by atoms with van der Waals surface area (Å²) in [6.07, 6.45) is 10.9. The van der Waals surface area contributed by atoms with E-state index in [1.54, 1.807) is 0 Å².